The Bertz CT molecular complexity index is 439. The van der Waals surface area contributed by atoms with Gasteiger partial charge in [-0.1, -0.05) is 12.1 Å². The lowest BCUT2D eigenvalue weighted by Crippen LogP contribution is -2.47. The van der Waals surface area contributed by atoms with E-state index in [0.29, 0.717) is 12.1 Å². The molecule has 0 atom stereocenters. The molecule has 1 N–H and O–H groups in total. The summed E-state index contributed by atoms with van der Waals surface area (Å²) in [5.74, 6) is 0. The molecule has 1 aromatic carbocycles. The van der Waals surface area contributed by atoms with Crippen molar-refractivity contribution in [3.05, 3.63) is 39.4 Å². The van der Waals surface area contributed by atoms with Crippen LogP contribution in [-0.2, 0) is 6.54 Å². The van der Waals surface area contributed by atoms with Gasteiger partial charge in [0.15, 0.2) is 0 Å². The molecule has 1 aromatic rings. The summed E-state index contributed by atoms with van der Waals surface area (Å²) in [7, 11) is 0. The van der Waals surface area contributed by atoms with E-state index in [0.717, 1.165) is 5.56 Å². The zero-order valence-corrected chi connectivity index (χ0v) is 10.3. The molecule has 0 radical (unpaired) electrons. The third-order valence-corrected chi connectivity index (χ3v) is 3.65. The van der Waals surface area contributed by atoms with Gasteiger partial charge in [0.1, 0.15) is 0 Å². The van der Waals surface area contributed by atoms with Gasteiger partial charge in [-0.25, -0.2) is 0 Å². The third-order valence-electron chi connectivity index (χ3n) is 3.65. The fraction of sp³-hybridized carbons (Fsp3) is 0.538. The van der Waals surface area contributed by atoms with Gasteiger partial charge >= 0.3 is 0 Å². The third kappa shape index (κ3) is 2.64. The summed E-state index contributed by atoms with van der Waals surface area (Å²) in [6, 6.07) is 5.44. The number of nitrogens with zero attached hydrogens (tertiary/aromatic N) is 1. The van der Waals surface area contributed by atoms with Gasteiger partial charge in [0.25, 0.3) is 5.69 Å². The second-order valence-corrected chi connectivity index (χ2v) is 5.15. The van der Waals surface area contributed by atoms with Crippen LogP contribution < -0.4 is 5.32 Å². The highest BCUT2D eigenvalue weighted by molar-refractivity contribution is 5.42. The van der Waals surface area contributed by atoms with Crippen molar-refractivity contribution in [2.75, 3.05) is 0 Å². The fourth-order valence-corrected chi connectivity index (χ4v) is 2.16. The highest BCUT2D eigenvalue weighted by atomic mass is 16.6. The van der Waals surface area contributed by atoms with Crippen LogP contribution >= 0.6 is 0 Å². The Morgan fingerprint density at radius 1 is 1.47 bits per heavy atom. The highest BCUT2D eigenvalue weighted by Crippen LogP contribution is 2.31. The lowest BCUT2D eigenvalue weighted by molar-refractivity contribution is -0.385. The maximum Gasteiger partial charge on any atom is 0.272 e. The SMILES string of the molecule is Cc1ccc(CNC2(C)CCC2)cc1[N+](=O)[O-]. The van der Waals surface area contributed by atoms with E-state index in [9.17, 15) is 10.1 Å². The monoisotopic (exact) mass is 234 g/mol. The molecule has 92 valence electrons. The molecule has 0 spiro atoms. The molecule has 0 heterocycles. The van der Waals surface area contributed by atoms with E-state index < -0.39 is 0 Å². The number of aryl methyl sites for hydroxylation is 1. The standard InChI is InChI=1S/C13H18N2O2/c1-10-4-5-11(8-12(10)15(16)17)9-14-13(2)6-3-7-13/h4-5,8,14H,3,6-7,9H2,1-2H3. The van der Waals surface area contributed by atoms with Crippen LogP contribution in [-0.4, -0.2) is 10.5 Å². The van der Waals surface area contributed by atoms with Crippen LogP contribution in [0, 0.1) is 17.0 Å². The normalized spacial score (nSPS) is 17.5. The minimum atomic E-state index is -0.316. The van der Waals surface area contributed by atoms with Gasteiger partial charge in [-0.2, -0.15) is 0 Å². The van der Waals surface area contributed by atoms with Crippen molar-refractivity contribution < 1.29 is 4.92 Å². The summed E-state index contributed by atoms with van der Waals surface area (Å²) in [6.07, 6.45) is 3.67. The van der Waals surface area contributed by atoms with Crippen molar-refractivity contribution in [2.45, 2.75) is 45.2 Å². The van der Waals surface area contributed by atoms with Gasteiger partial charge in [0.2, 0.25) is 0 Å². The van der Waals surface area contributed by atoms with Crippen molar-refractivity contribution in [3.8, 4) is 0 Å². The molecular weight excluding hydrogens is 216 g/mol. The summed E-state index contributed by atoms with van der Waals surface area (Å²) in [5, 5.41) is 14.3. The van der Waals surface area contributed by atoms with E-state index in [-0.39, 0.29) is 16.1 Å². The lowest BCUT2D eigenvalue weighted by Gasteiger charge is -2.39. The maximum atomic E-state index is 10.8. The number of nitro groups is 1. The van der Waals surface area contributed by atoms with Gasteiger partial charge in [-0.05, 0) is 38.7 Å². The van der Waals surface area contributed by atoms with Crippen LogP contribution in [0.25, 0.3) is 0 Å². The summed E-state index contributed by atoms with van der Waals surface area (Å²) in [6.45, 7) is 4.68. The molecule has 4 heteroatoms. The molecule has 2 rings (SSSR count). The van der Waals surface area contributed by atoms with Gasteiger partial charge < -0.3 is 5.32 Å². The Morgan fingerprint density at radius 2 is 2.18 bits per heavy atom. The van der Waals surface area contributed by atoms with Gasteiger partial charge in [-0.15, -0.1) is 0 Å². The number of benzene rings is 1. The first-order valence-electron chi connectivity index (χ1n) is 5.99. The van der Waals surface area contributed by atoms with E-state index in [2.05, 4.69) is 12.2 Å². The minimum absolute atomic E-state index is 0.211. The van der Waals surface area contributed by atoms with Crippen LogP contribution in [0.3, 0.4) is 0 Å². The Hall–Kier alpha value is -1.42. The Morgan fingerprint density at radius 3 is 2.71 bits per heavy atom. The van der Waals surface area contributed by atoms with Crippen LogP contribution in [0.5, 0.6) is 0 Å². The molecule has 0 aromatic heterocycles. The van der Waals surface area contributed by atoms with Crippen molar-refractivity contribution >= 4 is 5.69 Å². The zero-order valence-electron chi connectivity index (χ0n) is 10.3. The molecule has 1 aliphatic rings. The fourth-order valence-electron chi connectivity index (χ4n) is 2.16. The van der Waals surface area contributed by atoms with E-state index >= 15 is 0 Å². The Kier molecular flexibility index (Phi) is 3.15. The number of rotatable bonds is 4. The average molecular weight is 234 g/mol. The van der Waals surface area contributed by atoms with E-state index in [1.165, 1.54) is 19.3 Å². The van der Waals surface area contributed by atoms with E-state index in [1.807, 2.05) is 12.1 Å². The number of nitrogens with one attached hydrogen (secondary N) is 1. The number of nitro benzene ring substituents is 1. The van der Waals surface area contributed by atoms with Crippen LogP contribution in [0.1, 0.15) is 37.3 Å². The van der Waals surface area contributed by atoms with Crippen molar-refractivity contribution in [1.82, 2.24) is 5.32 Å². The predicted molar refractivity (Wildman–Crippen MR) is 66.9 cm³/mol. The molecular formula is C13H18N2O2. The largest absolute Gasteiger partial charge is 0.307 e. The van der Waals surface area contributed by atoms with E-state index in [1.54, 1.807) is 13.0 Å². The van der Waals surface area contributed by atoms with Crippen molar-refractivity contribution in [1.29, 1.82) is 0 Å². The Balaban J connectivity index is 2.06. The predicted octanol–water partition coefficient (Wildman–Crippen LogP) is 2.94. The molecule has 0 unspecified atom stereocenters. The molecule has 4 nitrogen and oxygen atoms in total. The van der Waals surface area contributed by atoms with Crippen molar-refractivity contribution in [2.24, 2.45) is 0 Å². The van der Waals surface area contributed by atoms with Crippen molar-refractivity contribution in [3.63, 3.8) is 0 Å². The summed E-state index contributed by atoms with van der Waals surface area (Å²) in [5.41, 5.74) is 2.15. The lowest BCUT2D eigenvalue weighted by atomic mass is 9.78. The topological polar surface area (TPSA) is 55.2 Å². The average Bonchev–Trinajstić information content (AvgIpc) is 2.25. The molecule has 0 bridgehead atoms. The number of hydrogen-bond acceptors (Lipinski definition) is 3. The summed E-state index contributed by atoms with van der Waals surface area (Å²) in [4.78, 5) is 10.5. The first kappa shape index (κ1) is 12.0. The molecule has 1 saturated carbocycles. The molecule has 0 amide bonds. The molecule has 1 aliphatic carbocycles. The number of hydrogen-bond donors (Lipinski definition) is 1. The molecule has 1 fully saturated rings. The summed E-state index contributed by atoms with van der Waals surface area (Å²) >= 11 is 0. The first-order valence-corrected chi connectivity index (χ1v) is 5.99. The quantitative estimate of drug-likeness (QED) is 0.643. The van der Waals surface area contributed by atoms with Crippen LogP contribution in [0.15, 0.2) is 18.2 Å². The smallest absolute Gasteiger partial charge is 0.272 e. The van der Waals surface area contributed by atoms with E-state index in [4.69, 9.17) is 0 Å². The minimum Gasteiger partial charge on any atom is -0.307 e. The highest BCUT2D eigenvalue weighted by Gasteiger charge is 2.30. The summed E-state index contributed by atoms with van der Waals surface area (Å²) < 4.78 is 0. The maximum absolute atomic E-state index is 10.8. The van der Waals surface area contributed by atoms with Gasteiger partial charge in [0, 0.05) is 23.7 Å². The zero-order chi connectivity index (χ0) is 12.5. The van der Waals surface area contributed by atoms with Gasteiger partial charge in [-0.3, -0.25) is 10.1 Å². The Labute approximate surface area is 101 Å². The second-order valence-electron chi connectivity index (χ2n) is 5.15. The van der Waals surface area contributed by atoms with Gasteiger partial charge in [0.05, 0.1) is 4.92 Å². The van der Waals surface area contributed by atoms with Crippen LogP contribution in [0.2, 0.25) is 0 Å². The van der Waals surface area contributed by atoms with Crippen LogP contribution in [0.4, 0.5) is 5.69 Å². The molecule has 0 saturated heterocycles. The second kappa shape index (κ2) is 4.45. The molecule has 0 aliphatic heterocycles. The molecule has 17 heavy (non-hydrogen) atoms. The first-order chi connectivity index (χ1) is 8.00.